The van der Waals surface area contributed by atoms with Crippen LogP contribution in [0.5, 0.6) is 17.2 Å². The summed E-state index contributed by atoms with van der Waals surface area (Å²) in [4.78, 5) is 0. The predicted molar refractivity (Wildman–Crippen MR) is 189 cm³/mol. The molecule has 7 rings (SSSR count). The highest BCUT2D eigenvalue weighted by Crippen LogP contribution is 2.38. The lowest BCUT2D eigenvalue weighted by Gasteiger charge is -2.44. The van der Waals surface area contributed by atoms with E-state index in [1.165, 1.54) is 21.9 Å². The second-order valence-electron chi connectivity index (χ2n) is 10.8. The highest BCUT2D eigenvalue weighted by Gasteiger charge is 2.31. The van der Waals surface area contributed by atoms with Crippen molar-refractivity contribution in [2.24, 2.45) is 0 Å². The van der Waals surface area contributed by atoms with Gasteiger partial charge in [0, 0.05) is 36.4 Å². The second kappa shape index (κ2) is 14.0. The fourth-order valence-electron chi connectivity index (χ4n) is 6.20. The lowest BCUT2D eigenvalue weighted by Crippen LogP contribution is -2.74. The molecule has 0 aromatic heterocycles. The predicted octanol–water partition coefficient (Wildman–Crippen LogP) is 8.49. The van der Waals surface area contributed by atoms with Gasteiger partial charge in [0.15, 0.2) is 0 Å². The minimum absolute atomic E-state index is 1.08. The van der Waals surface area contributed by atoms with Crippen LogP contribution in [0, 0.1) is 0 Å². The van der Waals surface area contributed by atoms with Crippen molar-refractivity contribution >= 4 is 28.0 Å². The lowest BCUT2D eigenvalue weighted by molar-refractivity contribution is 0.233. The van der Waals surface area contributed by atoms with Gasteiger partial charge >= 0.3 is 0 Å². The number of hydrogen-bond donors (Lipinski definition) is 0. The Labute approximate surface area is 261 Å². The molecule has 0 aliphatic heterocycles. The average Bonchev–Trinajstić information content (AvgIpc) is 3.12. The van der Waals surface area contributed by atoms with Crippen molar-refractivity contribution in [2.75, 3.05) is 0 Å². The van der Waals surface area contributed by atoms with E-state index >= 15 is 0 Å². The minimum Gasteiger partial charge on any atom is -0.499 e. The van der Waals surface area contributed by atoms with Crippen molar-refractivity contribution < 1.29 is 4.37 Å². The summed E-state index contributed by atoms with van der Waals surface area (Å²) in [6.45, 7) is 0. The Hall–Kier alpha value is -5.60. The SMILES string of the molecule is c1ccc([B-](c2ccccc2)(c2ccccc2)c2ccccc2)cc1.c1ccc([O+](c2ccccc2)c2ccccc2)cc1. The Morgan fingerprint density at radius 2 is 0.409 bits per heavy atom. The first kappa shape index (κ1) is 28.5. The summed E-state index contributed by atoms with van der Waals surface area (Å²) in [7, 11) is 0. The van der Waals surface area contributed by atoms with E-state index in [-0.39, 0.29) is 0 Å². The molecule has 0 radical (unpaired) electrons. The van der Waals surface area contributed by atoms with E-state index in [4.69, 9.17) is 0 Å². The van der Waals surface area contributed by atoms with Gasteiger partial charge < -0.3 is 4.37 Å². The molecule has 0 unspecified atom stereocenters. The molecular weight excluding hydrogens is 531 g/mol. The van der Waals surface area contributed by atoms with Crippen molar-refractivity contribution in [3.05, 3.63) is 212 Å². The van der Waals surface area contributed by atoms with Gasteiger partial charge in [-0.3, -0.25) is 0 Å². The van der Waals surface area contributed by atoms with Crippen LogP contribution in [0.4, 0.5) is 0 Å². The molecule has 0 spiro atoms. The van der Waals surface area contributed by atoms with Crippen molar-refractivity contribution in [3.8, 4) is 17.2 Å². The van der Waals surface area contributed by atoms with Gasteiger partial charge in [0.1, 0.15) is 6.15 Å². The normalized spacial score (nSPS) is 10.7. The van der Waals surface area contributed by atoms with Gasteiger partial charge in [-0.1, -0.05) is 176 Å². The smallest absolute Gasteiger partial charge is 0.267 e. The molecule has 0 N–H and O–H groups in total. The van der Waals surface area contributed by atoms with Crippen LogP contribution < -0.4 is 26.2 Å². The maximum atomic E-state index is 3.22. The Bertz CT molecular complexity index is 1550. The average molecular weight is 567 g/mol. The van der Waals surface area contributed by atoms with Gasteiger partial charge in [0.25, 0.3) is 17.2 Å². The zero-order chi connectivity index (χ0) is 29.9. The molecule has 0 saturated carbocycles. The zero-order valence-electron chi connectivity index (χ0n) is 24.7. The number of para-hydroxylation sites is 3. The van der Waals surface area contributed by atoms with Crippen LogP contribution in [0.15, 0.2) is 212 Å². The van der Waals surface area contributed by atoms with Crippen molar-refractivity contribution in [1.29, 1.82) is 0 Å². The Morgan fingerprint density at radius 3 is 0.614 bits per heavy atom. The molecule has 212 valence electrons. The molecule has 44 heavy (non-hydrogen) atoms. The Balaban J connectivity index is 0.000000162. The quantitative estimate of drug-likeness (QED) is 0.134. The van der Waals surface area contributed by atoms with Crippen LogP contribution in [0.3, 0.4) is 0 Å². The summed E-state index contributed by atoms with van der Waals surface area (Å²) in [5.74, 6) is 3.25. The first-order valence-electron chi connectivity index (χ1n) is 15.1. The molecule has 0 bridgehead atoms. The van der Waals surface area contributed by atoms with Gasteiger partial charge in [0.05, 0.1) is 0 Å². The highest BCUT2D eigenvalue weighted by atomic mass is 16.7. The molecule has 2 heteroatoms. The summed E-state index contributed by atoms with van der Waals surface area (Å²) in [5, 5.41) is 0. The van der Waals surface area contributed by atoms with Gasteiger partial charge in [-0.25, -0.2) is 0 Å². The van der Waals surface area contributed by atoms with Crippen LogP contribution >= 0.6 is 0 Å². The molecule has 0 amide bonds. The standard InChI is InChI=1S/C24H20B.C18H15O/c1-5-13-21(14-6-1)25(22-15-7-2-8-16-22,23-17-9-3-10-18-23)24-19-11-4-12-20-24;1-4-10-16(11-5-1)19(17-12-6-2-7-13-17)18-14-8-3-9-15-18/h1-20H;1-15H/q-1;+1. The fraction of sp³-hybridized carbons (Fsp3) is 0. The number of hydrogen-bond acceptors (Lipinski definition) is 0. The van der Waals surface area contributed by atoms with Crippen molar-refractivity contribution in [2.45, 2.75) is 0 Å². The van der Waals surface area contributed by atoms with E-state index in [0.717, 1.165) is 17.2 Å². The van der Waals surface area contributed by atoms with E-state index in [1.54, 1.807) is 0 Å². The van der Waals surface area contributed by atoms with E-state index in [0.29, 0.717) is 0 Å². The molecule has 7 aromatic carbocycles. The molecule has 0 aliphatic carbocycles. The van der Waals surface area contributed by atoms with Crippen LogP contribution in [0.25, 0.3) is 0 Å². The first-order valence-corrected chi connectivity index (χ1v) is 15.1. The third kappa shape index (κ3) is 6.11. The molecule has 0 atom stereocenters. The molecule has 0 heterocycles. The molecule has 0 saturated heterocycles. The highest BCUT2D eigenvalue weighted by molar-refractivity contribution is 7.19. The molecular formula is C42H35BO. The van der Waals surface area contributed by atoms with E-state index in [1.807, 2.05) is 54.6 Å². The molecule has 0 aliphatic rings. The topological polar surface area (TPSA) is 2.70 Å². The summed E-state index contributed by atoms with van der Waals surface area (Å²) >= 11 is 0. The maximum Gasteiger partial charge on any atom is 0.267 e. The first-order chi connectivity index (χ1) is 21.9. The van der Waals surface area contributed by atoms with Crippen molar-refractivity contribution in [1.82, 2.24) is 0 Å². The largest absolute Gasteiger partial charge is 0.499 e. The van der Waals surface area contributed by atoms with Crippen LogP contribution in [-0.4, -0.2) is 6.15 Å². The summed E-state index contributed by atoms with van der Waals surface area (Å²) < 4.78 is 3.22. The minimum atomic E-state index is -1.22. The van der Waals surface area contributed by atoms with Crippen LogP contribution in [0.1, 0.15) is 0 Å². The number of rotatable bonds is 7. The third-order valence-electron chi connectivity index (χ3n) is 8.14. The molecule has 7 aromatic rings. The van der Waals surface area contributed by atoms with Gasteiger partial charge in [0.2, 0.25) is 0 Å². The van der Waals surface area contributed by atoms with E-state index in [2.05, 4.69) is 162 Å². The maximum absolute atomic E-state index is 3.22. The Morgan fingerprint density at radius 1 is 0.227 bits per heavy atom. The zero-order valence-corrected chi connectivity index (χ0v) is 24.7. The van der Waals surface area contributed by atoms with Crippen LogP contribution in [-0.2, 0) is 0 Å². The summed E-state index contributed by atoms with van der Waals surface area (Å²) in [6, 6.07) is 74.4. The second-order valence-corrected chi connectivity index (χ2v) is 10.8. The fourth-order valence-corrected chi connectivity index (χ4v) is 6.20. The summed E-state index contributed by atoms with van der Waals surface area (Å²) in [6.07, 6.45) is -1.22. The Kier molecular flexibility index (Phi) is 9.11. The molecule has 0 fully saturated rings. The lowest BCUT2D eigenvalue weighted by atomic mass is 9.13. The van der Waals surface area contributed by atoms with Gasteiger partial charge in [-0.15, -0.1) is 0 Å². The number of benzene rings is 7. The van der Waals surface area contributed by atoms with E-state index in [9.17, 15) is 0 Å². The summed E-state index contributed by atoms with van der Waals surface area (Å²) in [5.41, 5.74) is 5.36. The van der Waals surface area contributed by atoms with Gasteiger partial charge in [-0.2, -0.15) is 21.9 Å². The third-order valence-corrected chi connectivity index (χ3v) is 8.14. The van der Waals surface area contributed by atoms with E-state index < -0.39 is 6.15 Å². The monoisotopic (exact) mass is 566 g/mol. The van der Waals surface area contributed by atoms with Gasteiger partial charge in [-0.05, 0) is 0 Å². The van der Waals surface area contributed by atoms with Crippen LogP contribution in [0.2, 0.25) is 0 Å². The molecule has 1 nitrogen and oxygen atoms in total. The van der Waals surface area contributed by atoms with Crippen molar-refractivity contribution in [3.63, 3.8) is 0 Å².